The Morgan fingerprint density at radius 2 is 2.13 bits per heavy atom. The molecule has 0 aliphatic rings. The fourth-order valence-corrected chi connectivity index (χ4v) is 3.73. The minimum absolute atomic E-state index is 0.0950. The standard InChI is InChI=1S/C15H20N4O2S2/c1-4-16-14-18-19-15(23-14)22-10(3)13(20)17-11-8-6-7-9-12(11)21-5-2/h6-10H,4-5H2,1-3H3,(H,16,18)(H,17,20)/t10-/m0/s1. The summed E-state index contributed by atoms with van der Waals surface area (Å²) in [7, 11) is 0. The van der Waals surface area contributed by atoms with Crippen molar-refractivity contribution >= 4 is 39.8 Å². The van der Waals surface area contributed by atoms with Crippen molar-refractivity contribution in [2.75, 3.05) is 23.8 Å². The lowest BCUT2D eigenvalue weighted by atomic mass is 10.3. The topological polar surface area (TPSA) is 76.1 Å². The summed E-state index contributed by atoms with van der Waals surface area (Å²) < 4.78 is 6.28. The molecule has 6 nitrogen and oxygen atoms in total. The number of carbonyl (C=O) groups excluding carboxylic acids is 1. The molecule has 1 atom stereocenters. The Morgan fingerprint density at radius 3 is 2.87 bits per heavy atom. The van der Waals surface area contributed by atoms with Gasteiger partial charge in [-0.1, -0.05) is 35.2 Å². The molecule has 124 valence electrons. The Kier molecular flexibility index (Phi) is 6.66. The van der Waals surface area contributed by atoms with Crippen molar-refractivity contribution in [3.63, 3.8) is 0 Å². The van der Waals surface area contributed by atoms with Gasteiger partial charge in [-0.3, -0.25) is 4.79 Å². The van der Waals surface area contributed by atoms with E-state index in [0.29, 0.717) is 18.0 Å². The van der Waals surface area contributed by atoms with Crippen molar-refractivity contribution in [2.45, 2.75) is 30.4 Å². The zero-order valence-corrected chi connectivity index (χ0v) is 15.0. The molecule has 0 saturated heterocycles. The number of amides is 1. The Labute approximate surface area is 144 Å². The highest BCUT2D eigenvalue weighted by atomic mass is 32.2. The summed E-state index contributed by atoms with van der Waals surface area (Å²) in [5.74, 6) is 0.577. The number of hydrogen-bond donors (Lipinski definition) is 2. The minimum Gasteiger partial charge on any atom is -0.492 e. The number of nitrogens with one attached hydrogen (secondary N) is 2. The summed E-state index contributed by atoms with van der Waals surface area (Å²) in [4.78, 5) is 12.4. The maximum Gasteiger partial charge on any atom is 0.237 e. The first kappa shape index (κ1) is 17.6. The van der Waals surface area contributed by atoms with E-state index in [1.165, 1.54) is 23.1 Å². The van der Waals surface area contributed by atoms with E-state index in [-0.39, 0.29) is 11.2 Å². The number of nitrogens with zero attached hydrogens (tertiary/aromatic N) is 2. The highest BCUT2D eigenvalue weighted by molar-refractivity contribution is 8.02. The van der Waals surface area contributed by atoms with Gasteiger partial charge in [0.2, 0.25) is 11.0 Å². The molecule has 0 spiro atoms. The number of aromatic nitrogens is 2. The highest BCUT2D eigenvalue weighted by Gasteiger charge is 2.18. The van der Waals surface area contributed by atoms with Gasteiger partial charge >= 0.3 is 0 Å². The maximum absolute atomic E-state index is 12.4. The fourth-order valence-electron chi connectivity index (χ4n) is 1.77. The summed E-state index contributed by atoms with van der Waals surface area (Å²) in [5, 5.41) is 14.6. The molecule has 2 N–H and O–H groups in total. The monoisotopic (exact) mass is 352 g/mol. The molecule has 2 rings (SSSR count). The zero-order valence-electron chi connectivity index (χ0n) is 13.3. The first-order valence-corrected chi connectivity index (χ1v) is 9.10. The first-order chi connectivity index (χ1) is 11.1. The van der Waals surface area contributed by atoms with Gasteiger partial charge in [-0.15, -0.1) is 10.2 Å². The molecule has 0 radical (unpaired) electrons. The van der Waals surface area contributed by atoms with Crippen LogP contribution in [0.25, 0.3) is 0 Å². The van der Waals surface area contributed by atoms with Crippen LogP contribution in [-0.2, 0) is 4.79 Å². The minimum atomic E-state index is -0.285. The molecule has 23 heavy (non-hydrogen) atoms. The number of para-hydroxylation sites is 2. The molecule has 1 amide bonds. The molecule has 0 fully saturated rings. The molecule has 1 aromatic heterocycles. The van der Waals surface area contributed by atoms with E-state index >= 15 is 0 Å². The number of hydrogen-bond acceptors (Lipinski definition) is 7. The number of rotatable bonds is 8. The van der Waals surface area contributed by atoms with Gasteiger partial charge in [0.1, 0.15) is 5.75 Å². The van der Waals surface area contributed by atoms with Gasteiger partial charge in [-0.25, -0.2) is 0 Å². The van der Waals surface area contributed by atoms with Gasteiger partial charge in [-0.2, -0.15) is 0 Å². The quantitative estimate of drug-likeness (QED) is 0.708. The number of carbonyl (C=O) groups is 1. The van der Waals surface area contributed by atoms with E-state index in [1.54, 1.807) is 0 Å². The number of ether oxygens (including phenoxy) is 1. The van der Waals surface area contributed by atoms with Crippen LogP contribution >= 0.6 is 23.1 Å². The average molecular weight is 352 g/mol. The van der Waals surface area contributed by atoms with Gasteiger partial charge in [0.05, 0.1) is 17.5 Å². The third-order valence-electron chi connectivity index (χ3n) is 2.83. The lowest BCUT2D eigenvalue weighted by Crippen LogP contribution is -2.22. The molecule has 0 saturated carbocycles. The maximum atomic E-state index is 12.4. The largest absolute Gasteiger partial charge is 0.492 e. The Bertz CT molecular complexity index is 648. The number of anilines is 2. The summed E-state index contributed by atoms with van der Waals surface area (Å²) in [6.07, 6.45) is 0. The smallest absolute Gasteiger partial charge is 0.237 e. The summed E-state index contributed by atoms with van der Waals surface area (Å²) >= 11 is 2.83. The van der Waals surface area contributed by atoms with Gasteiger partial charge in [-0.05, 0) is 32.9 Å². The van der Waals surface area contributed by atoms with E-state index < -0.39 is 0 Å². The normalized spacial score (nSPS) is 11.8. The molecule has 0 aliphatic heterocycles. The van der Waals surface area contributed by atoms with Crippen LogP contribution in [0.15, 0.2) is 28.6 Å². The molecular formula is C15H20N4O2S2. The van der Waals surface area contributed by atoms with E-state index in [4.69, 9.17) is 4.74 Å². The number of thioether (sulfide) groups is 1. The van der Waals surface area contributed by atoms with Crippen LogP contribution in [0.1, 0.15) is 20.8 Å². The van der Waals surface area contributed by atoms with Gasteiger partial charge in [0.25, 0.3) is 0 Å². The van der Waals surface area contributed by atoms with Crippen LogP contribution in [0.2, 0.25) is 0 Å². The van der Waals surface area contributed by atoms with Crippen LogP contribution in [0.5, 0.6) is 5.75 Å². The molecule has 1 aromatic carbocycles. The van der Waals surface area contributed by atoms with Crippen molar-refractivity contribution in [1.29, 1.82) is 0 Å². The van der Waals surface area contributed by atoms with Crippen LogP contribution in [0.3, 0.4) is 0 Å². The first-order valence-electron chi connectivity index (χ1n) is 7.40. The van der Waals surface area contributed by atoms with Crippen LogP contribution < -0.4 is 15.4 Å². The van der Waals surface area contributed by atoms with Crippen molar-refractivity contribution in [1.82, 2.24) is 10.2 Å². The van der Waals surface area contributed by atoms with Gasteiger partial charge < -0.3 is 15.4 Å². The SMILES string of the molecule is CCNc1nnc(S[C@@H](C)C(=O)Nc2ccccc2OCC)s1. The van der Waals surface area contributed by atoms with Crippen LogP contribution in [0.4, 0.5) is 10.8 Å². The van der Waals surface area contributed by atoms with Crippen molar-refractivity contribution in [3.8, 4) is 5.75 Å². The second kappa shape index (κ2) is 8.73. The van der Waals surface area contributed by atoms with Gasteiger partial charge in [0.15, 0.2) is 4.34 Å². The molecule has 8 heteroatoms. The van der Waals surface area contributed by atoms with E-state index in [2.05, 4.69) is 20.8 Å². The van der Waals surface area contributed by atoms with Crippen LogP contribution in [0, 0.1) is 0 Å². The van der Waals surface area contributed by atoms with E-state index in [1.807, 2.05) is 45.0 Å². The Balaban J connectivity index is 1.97. The molecule has 0 bridgehead atoms. The van der Waals surface area contributed by atoms with Crippen molar-refractivity contribution < 1.29 is 9.53 Å². The zero-order chi connectivity index (χ0) is 16.7. The predicted molar refractivity (Wildman–Crippen MR) is 95.6 cm³/mol. The predicted octanol–water partition coefficient (Wildman–Crippen LogP) is 3.49. The summed E-state index contributed by atoms with van der Waals surface area (Å²) in [5.41, 5.74) is 0.678. The Hall–Kier alpha value is -1.80. The Morgan fingerprint density at radius 1 is 1.35 bits per heavy atom. The highest BCUT2D eigenvalue weighted by Crippen LogP contribution is 2.30. The third kappa shape index (κ3) is 5.11. The van der Waals surface area contributed by atoms with E-state index in [9.17, 15) is 4.79 Å². The van der Waals surface area contributed by atoms with Crippen molar-refractivity contribution in [3.05, 3.63) is 24.3 Å². The lowest BCUT2D eigenvalue weighted by Gasteiger charge is -2.13. The summed E-state index contributed by atoms with van der Waals surface area (Å²) in [6, 6.07) is 7.41. The lowest BCUT2D eigenvalue weighted by molar-refractivity contribution is -0.115. The third-order valence-corrected chi connectivity index (χ3v) is 4.89. The van der Waals surface area contributed by atoms with Gasteiger partial charge in [0, 0.05) is 6.54 Å². The fraction of sp³-hybridized carbons (Fsp3) is 0.400. The van der Waals surface area contributed by atoms with E-state index in [0.717, 1.165) is 16.0 Å². The average Bonchev–Trinajstić information content (AvgIpc) is 2.97. The second-order valence-electron chi connectivity index (χ2n) is 4.58. The molecule has 0 unspecified atom stereocenters. The molecular weight excluding hydrogens is 332 g/mol. The summed E-state index contributed by atoms with van der Waals surface area (Å²) in [6.45, 7) is 7.10. The number of benzene rings is 1. The second-order valence-corrected chi connectivity index (χ2v) is 7.15. The van der Waals surface area contributed by atoms with Crippen LogP contribution in [-0.4, -0.2) is 34.5 Å². The molecule has 1 heterocycles. The van der Waals surface area contributed by atoms with Crippen molar-refractivity contribution in [2.24, 2.45) is 0 Å². The molecule has 2 aromatic rings. The molecule has 0 aliphatic carbocycles.